The second-order valence-electron chi connectivity index (χ2n) is 2.72. The van der Waals surface area contributed by atoms with Crippen LogP contribution < -0.4 is 5.73 Å². The summed E-state index contributed by atoms with van der Waals surface area (Å²) in [4.78, 5) is 18.6. The number of hydrogen-bond acceptors (Lipinski definition) is 3. The maximum atomic E-state index is 9.83. The average Bonchev–Trinajstić information content (AvgIpc) is 1.93. The first-order valence-electron chi connectivity index (χ1n) is 3.41. The number of nitrogens with two attached hydrogens (primary N) is 1. The largest absolute Gasteiger partial charge is 0.333 e. The van der Waals surface area contributed by atoms with E-state index in [4.69, 9.17) is 4.79 Å². The fraction of sp³-hybridized carbons (Fsp3) is 0.800. The Labute approximate surface area is 83.7 Å². The molecule has 84 valence electrons. The van der Waals surface area contributed by atoms with Crippen molar-refractivity contribution in [2.24, 2.45) is 11.1 Å². The summed E-state index contributed by atoms with van der Waals surface area (Å²) >= 11 is 0. The van der Waals surface area contributed by atoms with Crippen LogP contribution in [0.15, 0.2) is 0 Å². The second-order valence-corrected chi connectivity index (χ2v) is 2.72. The van der Waals surface area contributed by atoms with Crippen molar-refractivity contribution >= 4 is 12.6 Å². The lowest BCUT2D eigenvalue weighted by Gasteiger charge is -2.03. The van der Waals surface area contributed by atoms with Gasteiger partial charge in [-0.1, -0.05) is 35.6 Å². The minimum Gasteiger partial charge on any atom is -0.333 e. The van der Waals surface area contributed by atoms with Crippen LogP contribution >= 0.6 is 0 Å². The third-order valence-corrected chi connectivity index (χ3v) is 0.354. The first kappa shape index (κ1) is 29.5. The van der Waals surface area contributed by atoms with E-state index in [0.717, 1.165) is 12.6 Å². The quantitative estimate of drug-likeness (QED) is 0.600. The minimum absolute atomic E-state index is 0. The van der Waals surface area contributed by atoms with E-state index < -0.39 is 0 Å². The lowest BCUT2D eigenvalue weighted by molar-refractivity contribution is -0.114. The Morgan fingerprint density at radius 1 is 1.00 bits per heavy atom. The third kappa shape index (κ3) is 185. The topological polar surface area (TPSA) is 60.2 Å². The van der Waals surface area contributed by atoms with E-state index in [2.05, 4.69) is 5.73 Å². The molecule has 13 heavy (non-hydrogen) atoms. The number of rotatable bonds is 0. The summed E-state index contributed by atoms with van der Waals surface area (Å²) < 4.78 is 0. The van der Waals surface area contributed by atoms with Crippen LogP contribution in [0.2, 0.25) is 0 Å². The molecule has 0 fully saturated rings. The van der Waals surface area contributed by atoms with Gasteiger partial charge < -0.3 is 15.3 Å². The van der Waals surface area contributed by atoms with Crippen molar-refractivity contribution in [3.63, 3.8) is 0 Å². The molecule has 0 atom stereocenters. The van der Waals surface area contributed by atoms with Gasteiger partial charge in [-0.25, -0.2) is 0 Å². The van der Waals surface area contributed by atoms with E-state index in [0.29, 0.717) is 0 Å². The molecular weight excluding hydrogens is 166 g/mol. The first-order chi connectivity index (χ1) is 4.97. The maximum absolute atomic E-state index is 9.83. The molecule has 0 aromatic carbocycles. The molecule has 0 saturated carbocycles. The molecule has 0 aromatic rings. The molecule has 0 aliphatic rings. The van der Waals surface area contributed by atoms with Crippen molar-refractivity contribution in [2.45, 2.75) is 42.5 Å². The van der Waals surface area contributed by atoms with Crippen molar-refractivity contribution in [1.82, 2.24) is 0 Å². The van der Waals surface area contributed by atoms with Gasteiger partial charge in [0.05, 0.1) is 0 Å². The summed E-state index contributed by atoms with van der Waals surface area (Å²) in [5.41, 5.74) is 4.36. The fourth-order valence-corrected chi connectivity index (χ4v) is 0. The smallest absolute Gasteiger partial charge is 0.125 e. The van der Waals surface area contributed by atoms with Crippen molar-refractivity contribution in [1.29, 1.82) is 0 Å². The SMILES string of the molecule is C.C.CC(C)(C)C=O.CC=O.CN. The Kier molecular flexibility index (Phi) is 51.0. The third-order valence-electron chi connectivity index (χ3n) is 0.354. The van der Waals surface area contributed by atoms with Crippen LogP contribution in [0.1, 0.15) is 42.5 Å². The van der Waals surface area contributed by atoms with E-state index in [1.165, 1.54) is 14.0 Å². The number of hydrogen-bond donors (Lipinski definition) is 1. The zero-order chi connectivity index (χ0) is 9.91. The Morgan fingerprint density at radius 2 is 1.08 bits per heavy atom. The van der Waals surface area contributed by atoms with Crippen LogP contribution in [0, 0.1) is 5.41 Å². The number of carbonyl (C=O) groups excluding carboxylic acids is 2. The number of carbonyl (C=O) groups is 2. The van der Waals surface area contributed by atoms with Gasteiger partial charge in [0.2, 0.25) is 0 Å². The highest BCUT2D eigenvalue weighted by atomic mass is 16.1. The highest BCUT2D eigenvalue weighted by Gasteiger charge is 2.04. The Balaban J connectivity index is -0.0000000268. The van der Waals surface area contributed by atoms with Gasteiger partial charge >= 0.3 is 0 Å². The van der Waals surface area contributed by atoms with Crippen molar-refractivity contribution < 1.29 is 9.59 Å². The Hall–Kier alpha value is -0.700. The van der Waals surface area contributed by atoms with Crippen LogP contribution in [-0.2, 0) is 9.59 Å². The molecule has 0 aromatic heterocycles. The molecule has 0 radical (unpaired) electrons. The fourth-order valence-electron chi connectivity index (χ4n) is 0. The molecule has 0 spiro atoms. The van der Waals surface area contributed by atoms with Crippen LogP contribution in [0.5, 0.6) is 0 Å². The van der Waals surface area contributed by atoms with Crippen molar-refractivity contribution in [3.05, 3.63) is 0 Å². The van der Waals surface area contributed by atoms with Gasteiger partial charge in [0.15, 0.2) is 0 Å². The van der Waals surface area contributed by atoms with Gasteiger partial charge in [0.1, 0.15) is 12.6 Å². The summed E-state index contributed by atoms with van der Waals surface area (Å²) in [5, 5.41) is 0. The van der Waals surface area contributed by atoms with Crippen LogP contribution in [0.4, 0.5) is 0 Å². The lowest BCUT2D eigenvalue weighted by atomic mass is 10.0. The summed E-state index contributed by atoms with van der Waals surface area (Å²) in [7, 11) is 1.50. The van der Waals surface area contributed by atoms with E-state index in [-0.39, 0.29) is 20.3 Å². The predicted molar refractivity (Wildman–Crippen MR) is 60.8 cm³/mol. The molecule has 0 heterocycles. The van der Waals surface area contributed by atoms with Crippen molar-refractivity contribution in [3.8, 4) is 0 Å². The maximum Gasteiger partial charge on any atom is 0.125 e. The highest BCUT2D eigenvalue weighted by molar-refractivity contribution is 5.56. The second kappa shape index (κ2) is 22.5. The van der Waals surface area contributed by atoms with Gasteiger partial charge in [-0.3, -0.25) is 0 Å². The van der Waals surface area contributed by atoms with Gasteiger partial charge in [-0.2, -0.15) is 0 Å². The van der Waals surface area contributed by atoms with Crippen LogP contribution in [-0.4, -0.2) is 19.6 Å². The number of aldehydes is 2. The minimum atomic E-state index is -0.139. The molecule has 3 heteroatoms. The Bertz CT molecular complexity index is 85.4. The predicted octanol–water partition coefficient (Wildman–Crippen LogP) is 2.28. The zero-order valence-corrected chi connectivity index (χ0v) is 8.05. The molecule has 0 aliphatic carbocycles. The van der Waals surface area contributed by atoms with Gasteiger partial charge in [0.25, 0.3) is 0 Å². The molecule has 2 N–H and O–H groups in total. The molecule has 0 amide bonds. The summed E-state index contributed by atoms with van der Waals surface area (Å²) in [6.45, 7) is 7.07. The molecule has 3 nitrogen and oxygen atoms in total. The average molecular weight is 193 g/mol. The molecule has 0 rings (SSSR count). The van der Waals surface area contributed by atoms with Crippen LogP contribution in [0.3, 0.4) is 0 Å². The van der Waals surface area contributed by atoms with E-state index in [9.17, 15) is 4.79 Å². The van der Waals surface area contributed by atoms with Gasteiger partial charge in [-0.15, -0.1) is 0 Å². The van der Waals surface area contributed by atoms with Gasteiger partial charge in [0, 0.05) is 5.41 Å². The normalized spacial score (nSPS) is 6.62. The molecule has 0 saturated heterocycles. The standard InChI is InChI=1S/C5H10O.C2H4O.CH5N.2CH4/c1-5(2,3)4-6;1-2-3;1-2;;/h4H,1-3H3;2H,1H3;2H2,1H3;2*1H4. The van der Waals surface area contributed by atoms with Crippen LogP contribution in [0.25, 0.3) is 0 Å². The van der Waals surface area contributed by atoms with E-state index in [1.54, 1.807) is 0 Å². The summed E-state index contributed by atoms with van der Waals surface area (Å²) in [6.07, 6.45) is 1.69. The van der Waals surface area contributed by atoms with Gasteiger partial charge in [-0.05, 0) is 14.0 Å². The monoisotopic (exact) mass is 193 g/mol. The molecular formula is C10H27NO2. The molecule has 0 bridgehead atoms. The molecule has 0 aliphatic heterocycles. The Morgan fingerprint density at radius 3 is 1.08 bits per heavy atom. The zero-order valence-electron chi connectivity index (χ0n) is 8.05. The van der Waals surface area contributed by atoms with E-state index in [1.807, 2.05) is 20.8 Å². The summed E-state index contributed by atoms with van der Waals surface area (Å²) in [5.74, 6) is 0. The molecule has 0 unspecified atom stereocenters. The lowest BCUT2D eigenvalue weighted by Crippen LogP contribution is -2.04. The first-order valence-corrected chi connectivity index (χ1v) is 3.41. The van der Waals surface area contributed by atoms with E-state index >= 15 is 0 Å². The van der Waals surface area contributed by atoms with Crippen molar-refractivity contribution in [2.75, 3.05) is 7.05 Å². The summed E-state index contributed by atoms with van der Waals surface area (Å²) in [6, 6.07) is 0. The highest BCUT2D eigenvalue weighted by Crippen LogP contribution is 2.05.